The van der Waals surface area contributed by atoms with E-state index in [0.29, 0.717) is 11.3 Å². The Bertz CT molecular complexity index is 276. The quantitative estimate of drug-likeness (QED) is 0.522. The van der Waals surface area contributed by atoms with Crippen LogP contribution in [0.3, 0.4) is 0 Å². The van der Waals surface area contributed by atoms with Crippen LogP contribution in [-0.2, 0) is 4.57 Å². The number of hydrogen-bond acceptors (Lipinski definition) is 1. The van der Waals surface area contributed by atoms with Gasteiger partial charge in [-0.3, -0.25) is 4.57 Å². The van der Waals surface area contributed by atoms with Crippen LogP contribution in [0.5, 0.6) is 0 Å². The molecule has 0 saturated carbocycles. The highest BCUT2D eigenvalue weighted by Gasteiger charge is 2.37. The van der Waals surface area contributed by atoms with Crippen LogP contribution in [0.2, 0.25) is 0 Å². The first-order chi connectivity index (χ1) is 9.28. The lowest BCUT2D eigenvalue weighted by molar-refractivity contribution is 0.363. The molecule has 20 heavy (non-hydrogen) atoms. The minimum Gasteiger partial charge on any atom is -0.288 e. The van der Waals surface area contributed by atoms with Crippen molar-refractivity contribution in [2.75, 3.05) is 32.1 Å². The fraction of sp³-hybridized carbons (Fsp3) is 1.00. The van der Waals surface area contributed by atoms with E-state index in [1.807, 2.05) is 0 Å². The maximum Gasteiger partial charge on any atom is 0.220 e. The third-order valence-corrected chi connectivity index (χ3v) is 12.4. The second-order valence-electron chi connectivity index (χ2n) is 5.79. The molecule has 122 valence electrons. The van der Waals surface area contributed by atoms with Gasteiger partial charge >= 0.3 is 0 Å². The van der Waals surface area contributed by atoms with Crippen LogP contribution in [0.15, 0.2) is 0 Å². The second kappa shape index (κ2) is 9.57. The first-order valence-corrected chi connectivity index (χ1v) is 11.6. The smallest absolute Gasteiger partial charge is 0.220 e. The zero-order valence-electron chi connectivity index (χ0n) is 14.9. The van der Waals surface area contributed by atoms with Gasteiger partial charge in [-0.2, -0.15) is 0 Å². The van der Waals surface area contributed by atoms with Crippen LogP contribution in [-0.4, -0.2) is 52.7 Å². The Morgan fingerprint density at radius 1 is 0.800 bits per heavy atom. The fourth-order valence-corrected chi connectivity index (χ4v) is 11.9. The molecule has 0 amide bonds. The van der Waals surface area contributed by atoms with Gasteiger partial charge < -0.3 is 0 Å². The molecule has 0 spiro atoms. The number of nitrogens with zero attached hydrogens (tertiary/aromatic N) is 2. The van der Waals surface area contributed by atoms with Crippen molar-refractivity contribution in [1.29, 1.82) is 0 Å². The van der Waals surface area contributed by atoms with E-state index in [0.717, 1.165) is 32.1 Å². The van der Waals surface area contributed by atoms with E-state index in [2.05, 4.69) is 64.7 Å². The van der Waals surface area contributed by atoms with E-state index in [9.17, 15) is 4.57 Å². The molecule has 0 bridgehead atoms. The van der Waals surface area contributed by atoms with Crippen molar-refractivity contribution < 1.29 is 4.57 Å². The molecule has 0 atom stereocenters. The summed E-state index contributed by atoms with van der Waals surface area (Å²) in [5.41, 5.74) is 1.29. The Balaban J connectivity index is 5.47. The third-order valence-electron chi connectivity index (χ3n) is 4.02. The van der Waals surface area contributed by atoms with Crippen molar-refractivity contribution >= 4 is 15.4 Å². The van der Waals surface area contributed by atoms with E-state index in [4.69, 9.17) is 0 Å². The van der Waals surface area contributed by atoms with Crippen LogP contribution in [0.4, 0.5) is 0 Å². The predicted molar refractivity (Wildman–Crippen MR) is 95.5 cm³/mol. The molecule has 0 aromatic rings. The van der Waals surface area contributed by atoms with E-state index in [1.54, 1.807) is 0 Å². The third kappa shape index (κ3) is 5.09. The maximum atomic E-state index is 13.8. The highest BCUT2D eigenvalue weighted by Crippen LogP contribution is 2.64. The molecule has 0 heterocycles. The summed E-state index contributed by atoms with van der Waals surface area (Å²) in [6, 6.07) is 0. The minimum absolute atomic E-state index is 0.201. The van der Waals surface area contributed by atoms with Gasteiger partial charge in [-0.05, 0) is 11.3 Å². The predicted octanol–water partition coefficient (Wildman–Crippen LogP) is 5.12. The lowest BCUT2D eigenvalue weighted by atomic mass is 10.5. The molecule has 0 saturated heterocycles. The summed E-state index contributed by atoms with van der Waals surface area (Å²) >= 11 is 0. The molecular weight excluding hydrogens is 286 g/mol. The Labute approximate surface area is 128 Å². The molecule has 0 N–H and O–H groups in total. The van der Waals surface area contributed by atoms with Crippen LogP contribution < -0.4 is 0 Å². The summed E-state index contributed by atoms with van der Waals surface area (Å²) in [5, 5.41) is 0. The van der Waals surface area contributed by atoms with Crippen molar-refractivity contribution in [2.24, 2.45) is 0 Å². The van der Waals surface area contributed by atoms with Gasteiger partial charge in [-0.1, -0.05) is 63.3 Å². The lowest BCUT2D eigenvalue weighted by Crippen LogP contribution is -2.33. The van der Waals surface area contributed by atoms with E-state index < -0.39 is 7.44 Å². The summed E-state index contributed by atoms with van der Waals surface area (Å²) in [6.07, 6.45) is 0. The summed E-state index contributed by atoms with van der Waals surface area (Å²) in [4.78, 5) is 0. The average molecular weight is 322 g/mol. The molecule has 3 nitrogen and oxygen atoms in total. The van der Waals surface area contributed by atoms with E-state index in [1.165, 1.54) is 0 Å². The van der Waals surface area contributed by atoms with E-state index in [-0.39, 0.29) is 7.92 Å². The monoisotopic (exact) mass is 322 g/mol. The highest BCUT2D eigenvalue weighted by atomic mass is 31.2. The molecule has 0 aromatic carbocycles. The van der Waals surface area contributed by atoms with Crippen LogP contribution in [0.1, 0.15) is 55.4 Å². The summed E-state index contributed by atoms with van der Waals surface area (Å²) < 4.78 is 18.3. The number of hydrogen-bond donors (Lipinski definition) is 0. The van der Waals surface area contributed by atoms with Gasteiger partial charge in [0.1, 0.15) is 0 Å². The molecule has 0 aromatic heterocycles. The Kier molecular flexibility index (Phi) is 9.84. The molecule has 0 rings (SSSR count). The van der Waals surface area contributed by atoms with Gasteiger partial charge in [0.05, 0.1) is 0 Å². The minimum atomic E-state index is -2.41. The van der Waals surface area contributed by atoms with Crippen LogP contribution in [0, 0.1) is 0 Å². The zero-order chi connectivity index (χ0) is 15.9. The zero-order valence-corrected chi connectivity index (χ0v) is 16.7. The SMILES string of the molecule is CCN(CC)P(=O)(CP(C(C)C)C(C)C)N(CC)CC. The highest BCUT2D eigenvalue weighted by molar-refractivity contribution is 7.76. The molecule has 0 aliphatic heterocycles. The molecule has 0 aliphatic carbocycles. The first kappa shape index (κ1) is 20.6. The molecule has 0 radical (unpaired) electrons. The Morgan fingerprint density at radius 3 is 1.30 bits per heavy atom. The molecule has 5 heteroatoms. The lowest BCUT2D eigenvalue weighted by Gasteiger charge is -2.41. The Hall–Kier alpha value is 0.580. The molecular formula is C15H36N2OP2. The molecule has 0 unspecified atom stereocenters. The largest absolute Gasteiger partial charge is 0.288 e. The van der Waals surface area contributed by atoms with E-state index >= 15 is 0 Å². The van der Waals surface area contributed by atoms with Gasteiger partial charge in [-0.15, -0.1) is 0 Å². The van der Waals surface area contributed by atoms with Crippen molar-refractivity contribution in [3.8, 4) is 0 Å². The van der Waals surface area contributed by atoms with Gasteiger partial charge in [0.25, 0.3) is 0 Å². The summed E-state index contributed by atoms with van der Waals surface area (Å²) in [7, 11) is -2.61. The standard InChI is InChI=1S/C15H36N2OP2/c1-9-16(10-2)20(18,17(11-3)12-4)13-19(14(5)6)15(7)8/h14-15H,9-13H2,1-8H3. The van der Waals surface area contributed by atoms with Gasteiger partial charge in [0, 0.05) is 32.1 Å². The first-order valence-electron chi connectivity index (χ1n) is 8.13. The molecule has 0 fully saturated rings. The fourth-order valence-electron chi connectivity index (χ4n) is 2.82. The van der Waals surface area contributed by atoms with Gasteiger partial charge in [0.15, 0.2) is 0 Å². The molecule has 0 aliphatic rings. The average Bonchev–Trinajstić information content (AvgIpc) is 2.38. The van der Waals surface area contributed by atoms with Crippen LogP contribution in [0.25, 0.3) is 0 Å². The van der Waals surface area contributed by atoms with Crippen molar-refractivity contribution in [2.45, 2.75) is 66.7 Å². The van der Waals surface area contributed by atoms with Crippen molar-refractivity contribution in [1.82, 2.24) is 9.34 Å². The number of rotatable bonds is 10. The van der Waals surface area contributed by atoms with Crippen molar-refractivity contribution in [3.05, 3.63) is 0 Å². The topological polar surface area (TPSA) is 23.6 Å². The normalized spacial score (nSPS) is 13.4. The maximum absolute atomic E-state index is 13.8. The Morgan fingerprint density at radius 2 is 1.10 bits per heavy atom. The van der Waals surface area contributed by atoms with Crippen molar-refractivity contribution in [3.63, 3.8) is 0 Å². The summed E-state index contributed by atoms with van der Waals surface area (Å²) in [5.74, 6) is 0.890. The summed E-state index contributed by atoms with van der Waals surface area (Å²) in [6.45, 7) is 21.2. The van der Waals surface area contributed by atoms with Crippen LogP contribution >= 0.6 is 15.4 Å². The van der Waals surface area contributed by atoms with Gasteiger partial charge in [0.2, 0.25) is 7.44 Å². The van der Waals surface area contributed by atoms with Gasteiger partial charge in [-0.25, -0.2) is 9.34 Å². The second-order valence-corrected chi connectivity index (χ2v) is 12.5.